The Morgan fingerprint density at radius 1 is 1.55 bits per heavy atom. The average Bonchev–Trinajstić information content (AvgIpc) is 3.23. The fraction of sp³-hybridized carbons (Fsp3) is 0.400. The van der Waals surface area contributed by atoms with E-state index >= 15 is 0 Å². The van der Waals surface area contributed by atoms with Gasteiger partial charge in [0.2, 0.25) is 5.91 Å². The molecule has 1 aromatic carbocycles. The van der Waals surface area contributed by atoms with E-state index in [-0.39, 0.29) is 29.0 Å². The van der Waals surface area contributed by atoms with Crippen molar-refractivity contribution in [2.45, 2.75) is 25.3 Å². The summed E-state index contributed by atoms with van der Waals surface area (Å²) in [5.74, 6) is 0.342. The topological polar surface area (TPSA) is 59.8 Å². The summed E-state index contributed by atoms with van der Waals surface area (Å²) < 4.78 is 15.4. The molecular weight excluding hydrogens is 307 g/mol. The smallest absolute Gasteiger partial charge is 0.225 e. The Morgan fingerprint density at radius 2 is 2.32 bits per heavy atom. The van der Waals surface area contributed by atoms with Gasteiger partial charge in [0.15, 0.2) is 0 Å². The van der Waals surface area contributed by atoms with Gasteiger partial charge in [-0.05, 0) is 30.9 Å². The second-order valence-corrected chi connectivity index (χ2v) is 5.91. The normalized spacial score (nSPS) is 15.6. The molecule has 0 saturated heterocycles. The third-order valence-electron chi connectivity index (χ3n) is 3.83. The van der Waals surface area contributed by atoms with Gasteiger partial charge in [0, 0.05) is 17.6 Å². The van der Waals surface area contributed by atoms with Crippen molar-refractivity contribution in [3.8, 4) is 0 Å². The van der Waals surface area contributed by atoms with Gasteiger partial charge in [-0.2, -0.15) is 5.10 Å². The van der Waals surface area contributed by atoms with Gasteiger partial charge >= 0.3 is 0 Å². The van der Waals surface area contributed by atoms with Crippen LogP contribution in [-0.2, 0) is 18.3 Å². The fourth-order valence-electron chi connectivity index (χ4n) is 2.50. The van der Waals surface area contributed by atoms with Gasteiger partial charge in [-0.15, -0.1) is 0 Å². The lowest BCUT2D eigenvalue weighted by molar-refractivity contribution is -0.121. The monoisotopic (exact) mass is 322 g/mol. The molecule has 0 aliphatic heterocycles. The van der Waals surface area contributed by atoms with Gasteiger partial charge in [0.1, 0.15) is 18.0 Å². The van der Waals surface area contributed by atoms with Gasteiger partial charge < -0.3 is 5.32 Å². The molecule has 2 aromatic rings. The van der Waals surface area contributed by atoms with Gasteiger partial charge in [-0.25, -0.2) is 9.37 Å². The number of benzene rings is 1. The summed E-state index contributed by atoms with van der Waals surface area (Å²) in [6.45, 7) is 0. The Labute approximate surface area is 132 Å². The largest absolute Gasteiger partial charge is 0.346 e. The summed E-state index contributed by atoms with van der Waals surface area (Å²) in [4.78, 5) is 16.5. The van der Waals surface area contributed by atoms with Crippen LogP contribution in [0.2, 0.25) is 5.02 Å². The van der Waals surface area contributed by atoms with Crippen LogP contribution in [0, 0.1) is 11.7 Å². The molecule has 0 bridgehead atoms. The van der Waals surface area contributed by atoms with E-state index in [1.165, 1.54) is 18.5 Å². The number of rotatable bonds is 5. The molecule has 1 N–H and O–H groups in total. The third kappa shape index (κ3) is 3.11. The van der Waals surface area contributed by atoms with Crippen LogP contribution in [0.25, 0.3) is 0 Å². The number of aromatic nitrogens is 3. The molecular formula is C15H16ClFN4O. The summed E-state index contributed by atoms with van der Waals surface area (Å²) in [7, 11) is 1.79. The van der Waals surface area contributed by atoms with Crippen molar-refractivity contribution < 1.29 is 9.18 Å². The minimum atomic E-state index is -0.468. The van der Waals surface area contributed by atoms with Gasteiger partial charge in [-0.1, -0.05) is 17.7 Å². The number of hydrogen-bond acceptors (Lipinski definition) is 3. The molecule has 1 atom stereocenters. The standard InChI is InChI=1S/C15H16ClFN4O/c1-21-15(18-8-19-21)14(9-5-6-9)20-13(22)7-10-11(16)3-2-4-12(10)17/h2-4,8-9,14H,5-7H2,1H3,(H,20,22)/t14-/m0/s1. The van der Waals surface area contributed by atoms with Crippen molar-refractivity contribution in [1.29, 1.82) is 0 Å². The number of hydrogen-bond donors (Lipinski definition) is 1. The zero-order chi connectivity index (χ0) is 15.7. The van der Waals surface area contributed by atoms with E-state index in [2.05, 4.69) is 15.4 Å². The lowest BCUT2D eigenvalue weighted by atomic mass is 10.1. The van der Waals surface area contributed by atoms with Crippen molar-refractivity contribution in [2.75, 3.05) is 0 Å². The van der Waals surface area contributed by atoms with Crippen molar-refractivity contribution >= 4 is 17.5 Å². The Morgan fingerprint density at radius 3 is 2.91 bits per heavy atom. The Hall–Kier alpha value is -1.95. The summed E-state index contributed by atoms with van der Waals surface area (Å²) in [5.41, 5.74) is 0.217. The number of aryl methyl sites for hydroxylation is 1. The predicted octanol–water partition coefficient (Wildman–Crippen LogP) is 2.42. The van der Waals surface area contributed by atoms with Crippen LogP contribution in [0.5, 0.6) is 0 Å². The molecule has 0 spiro atoms. The summed E-state index contributed by atoms with van der Waals surface area (Å²) in [6, 6.07) is 4.21. The van der Waals surface area contributed by atoms with Gasteiger partial charge in [0.25, 0.3) is 0 Å². The van der Waals surface area contributed by atoms with E-state index < -0.39 is 5.82 Å². The van der Waals surface area contributed by atoms with Crippen molar-refractivity contribution in [2.24, 2.45) is 13.0 Å². The summed E-state index contributed by atoms with van der Waals surface area (Å²) in [5, 5.41) is 7.24. The number of nitrogens with one attached hydrogen (secondary N) is 1. The Balaban J connectivity index is 1.74. The highest BCUT2D eigenvalue weighted by atomic mass is 35.5. The van der Waals surface area contributed by atoms with E-state index in [1.807, 2.05) is 0 Å². The molecule has 1 aliphatic rings. The molecule has 1 heterocycles. The third-order valence-corrected chi connectivity index (χ3v) is 4.19. The molecule has 1 saturated carbocycles. The fourth-order valence-corrected chi connectivity index (χ4v) is 2.73. The van der Waals surface area contributed by atoms with Crippen LogP contribution in [-0.4, -0.2) is 20.7 Å². The first-order chi connectivity index (χ1) is 10.6. The molecule has 7 heteroatoms. The quantitative estimate of drug-likeness (QED) is 0.919. The molecule has 1 amide bonds. The van der Waals surface area contributed by atoms with Crippen LogP contribution in [0.4, 0.5) is 4.39 Å². The van der Waals surface area contributed by atoms with E-state index in [1.54, 1.807) is 17.8 Å². The number of nitrogens with zero attached hydrogens (tertiary/aromatic N) is 3. The lowest BCUT2D eigenvalue weighted by Gasteiger charge is -2.17. The van der Waals surface area contributed by atoms with E-state index in [9.17, 15) is 9.18 Å². The van der Waals surface area contributed by atoms with Crippen molar-refractivity contribution in [1.82, 2.24) is 20.1 Å². The SMILES string of the molecule is Cn1ncnc1[C@@H](NC(=O)Cc1c(F)cccc1Cl)C1CC1. The number of carbonyl (C=O) groups is 1. The highest BCUT2D eigenvalue weighted by Gasteiger charge is 2.36. The van der Waals surface area contributed by atoms with Crippen LogP contribution in [0.15, 0.2) is 24.5 Å². The number of carbonyl (C=O) groups excluding carboxylic acids is 1. The number of amides is 1. The first kappa shape index (κ1) is 15.0. The lowest BCUT2D eigenvalue weighted by Crippen LogP contribution is -2.33. The van der Waals surface area contributed by atoms with Crippen LogP contribution < -0.4 is 5.32 Å². The number of halogens is 2. The molecule has 1 aromatic heterocycles. The predicted molar refractivity (Wildman–Crippen MR) is 79.7 cm³/mol. The Kier molecular flexibility index (Phi) is 4.11. The molecule has 116 valence electrons. The molecule has 1 aliphatic carbocycles. The molecule has 1 fully saturated rings. The molecule has 22 heavy (non-hydrogen) atoms. The van der Waals surface area contributed by atoms with Gasteiger partial charge in [0.05, 0.1) is 12.5 Å². The van der Waals surface area contributed by atoms with Crippen molar-refractivity contribution in [3.05, 3.63) is 46.8 Å². The highest BCUT2D eigenvalue weighted by molar-refractivity contribution is 6.31. The summed E-state index contributed by atoms with van der Waals surface area (Å²) in [6.07, 6.45) is 3.45. The zero-order valence-corrected chi connectivity index (χ0v) is 12.8. The molecule has 0 unspecified atom stereocenters. The average molecular weight is 323 g/mol. The van der Waals surface area contributed by atoms with Crippen LogP contribution in [0.1, 0.15) is 30.3 Å². The Bertz CT molecular complexity index is 678. The van der Waals surface area contributed by atoms with Crippen LogP contribution >= 0.6 is 11.6 Å². The zero-order valence-electron chi connectivity index (χ0n) is 12.1. The minimum Gasteiger partial charge on any atom is -0.346 e. The second kappa shape index (κ2) is 6.04. The first-order valence-electron chi connectivity index (χ1n) is 7.12. The van der Waals surface area contributed by atoms with Crippen molar-refractivity contribution in [3.63, 3.8) is 0 Å². The first-order valence-corrected chi connectivity index (χ1v) is 7.50. The summed E-state index contributed by atoms with van der Waals surface area (Å²) >= 11 is 5.96. The van der Waals surface area contributed by atoms with Gasteiger partial charge in [-0.3, -0.25) is 9.48 Å². The second-order valence-electron chi connectivity index (χ2n) is 5.50. The maximum Gasteiger partial charge on any atom is 0.225 e. The van der Waals surface area contributed by atoms with Crippen LogP contribution in [0.3, 0.4) is 0 Å². The molecule has 5 nitrogen and oxygen atoms in total. The molecule has 0 radical (unpaired) electrons. The minimum absolute atomic E-state index is 0.0907. The maximum absolute atomic E-state index is 13.8. The van der Waals surface area contributed by atoms with E-state index in [0.717, 1.165) is 18.7 Å². The van der Waals surface area contributed by atoms with E-state index in [4.69, 9.17) is 11.6 Å². The highest BCUT2D eigenvalue weighted by Crippen LogP contribution is 2.40. The van der Waals surface area contributed by atoms with E-state index in [0.29, 0.717) is 5.92 Å². The molecule has 3 rings (SSSR count). The maximum atomic E-state index is 13.8.